The van der Waals surface area contributed by atoms with Gasteiger partial charge in [-0.1, -0.05) is 360 Å². The van der Waals surface area contributed by atoms with Gasteiger partial charge >= 0.3 is 5.97 Å². The second-order valence-corrected chi connectivity index (χ2v) is 24.9. The molecule has 0 aliphatic rings. The van der Waals surface area contributed by atoms with Crippen molar-refractivity contribution in [3.8, 4) is 0 Å². The summed E-state index contributed by atoms with van der Waals surface area (Å²) in [4.78, 5) is 24.6. The summed E-state index contributed by atoms with van der Waals surface area (Å²) >= 11 is 0. The van der Waals surface area contributed by atoms with E-state index < -0.39 is 12.1 Å². The van der Waals surface area contributed by atoms with Gasteiger partial charge in [0.05, 0.1) is 25.4 Å². The van der Waals surface area contributed by atoms with Gasteiger partial charge in [0.25, 0.3) is 0 Å². The second-order valence-electron chi connectivity index (χ2n) is 24.9. The molecule has 464 valence electrons. The minimum absolute atomic E-state index is 0.0230. The molecular weight excluding hydrogens is 959 g/mol. The molecule has 6 heteroatoms. The molecule has 6 nitrogen and oxygen atoms in total. The van der Waals surface area contributed by atoms with Crippen molar-refractivity contribution in [3.05, 3.63) is 12.2 Å². The maximum absolute atomic E-state index is 12.5. The van der Waals surface area contributed by atoms with Gasteiger partial charge in [0.2, 0.25) is 5.91 Å². The molecule has 2 atom stereocenters. The maximum atomic E-state index is 12.5. The number of rotatable bonds is 68. The second kappa shape index (κ2) is 68.1. The summed E-state index contributed by atoms with van der Waals surface area (Å²) in [7, 11) is 0. The van der Waals surface area contributed by atoms with Crippen molar-refractivity contribution >= 4 is 11.9 Å². The van der Waals surface area contributed by atoms with Gasteiger partial charge in [-0.3, -0.25) is 9.59 Å². The third kappa shape index (κ3) is 63.8. The van der Waals surface area contributed by atoms with Crippen molar-refractivity contribution in [1.29, 1.82) is 0 Å². The monoisotopic (exact) mass is 1100 g/mol. The molecule has 0 heterocycles. The number of ether oxygens (including phenoxy) is 1. The largest absolute Gasteiger partial charge is 0.466 e. The Bertz CT molecular complexity index is 1180. The molecule has 1 amide bonds. The van der Waals surface area contributed by atoms with Crippen LogP contribution >= 0.6 is 0 Å². The minimum Gasteiger partial charge on any atom is -0.466 e. The molecule has 0 spiro atoms. The number of carbonyl (C=O) groups excluding carboxylic acids is 2. The molecule has 0 aliphatic heterocycles. The van der Waals surface area contributed by atoms with E-state index in [2.05, 4.69) is 31.3 Å². The lowest BCUT2D eigenvalue weighted by molar-refractivity contribution is -0.143. The van der Waals surface area contributed by atoms with Crippen LogP contribution in [0.2, 0.25) is 0 Å². The SMILES string of the molecule is CCCCCCCCCCCCCCCCCCC(=O)OCCCCCCCCCCCCCC/C=C\CCCCCCCCCCCCCCCCCCCC(=O)NC(CO)C(O)CCCCCCCCCCCCCC. The number of esters is 1. The molecule has 0 aromatic carbocycles. The summed E-state index contributed by atoms with van der Waals surface area (Å²) in [6.45, 7) is 4.99. The molecule has 0 aromatic heterocycles. The number of aliphatic hydroxyl groups is 2. The van der Waals surface area contributed by atoms with Crippen LogP contribution in [0.3, 0.4) is 0 Å². The predicted octanol–water partition coefficient (Wildman–Crippen LogP) is 23.1. The predicted molar refractivity (Wildman–Crippen MR) is 343 cm³/mol. The van der Waals surface area contributed by atoms with Crippen molar-refractivity contribution in [3.63, 3.8) is 0 Å². The Labute approximate surface area is 489 Å². The van der Waals surface area contributed by atoms with Crippen LogP contribution in [0.1, 0.15) is 412 Å². The van der Waals surface area contributed by atoms with E-state index in [9.17, 15) is 19.8 Å². The Kier molecular flexibility index (Phi) is 66.9. The van der Waals surface area contributed by atoms with E-state index in [1.165, 1.54) is 340 Å². The zero-order valence-electron chi connectivity index (χ0n) is 53.2. The average molecular weight is 1100 g/mol. The standard InChI is InChI=1S/C72H141NO5/c1-3-5-7-9-11-13-15-17-18-39-42-46-50-54-58-62-66-72(77)78-67-63-59-55-51-47-43-40-37-35-33-31-29-27-25-23-21-19-20-22-24-26-28-30-32-34-36-38-41-45-49-53-57-61-65-71(76)73-69(68-74)70(75)64-60-56-52-48-44-16-14-12-10-8-6-4-2/h23,25,69-70,74-75H,3-22,24,26-68H2,1-2H3,(H,73,76)/b25-23-. The fourth-order valence-electron chi connectivity index (χ4n) is 11.6. The lowest BCUT2D eigenvalue weighted by Crippen LogP contribution is -2.45. The Morgan fingerprint density at radius 1 is 0.346 bits per heavy atom. The fraction of sp³-hybridized carbons (Fsp3) is 0.944. The lowest BCUT2D eigenvalue weighted by atomic mass is 10.0. The van der Waals surface area contributed by atoms with E-state index in [-0.39, 0.29) is 18.5 Å². The summed E-state index contributed by atoms with van der Waals surface area (Å²) in [5.74, 6) is -0.00686. The molecule has 2 unspecified atom stereocenters. The first-order valence-corrected chi connectivity index (χ1v) is 35.9. The van der Waals surface area contributed by atoms with Gasteiger partial charge in [0.15, 0.2) is 0 Å². The number of hydrogen-bond donors (Lipinski definition) is 3. The van der Waals surface area contributed by atoms with E-state index in [1.807, 2.05) is 0 Å². The van der Waals surface area contributed by atoms with Crippen LogP contribution in [0, 0.1) is 0 Å². The number of unbranched alkanes of at least 4 members (excludes halogenated alkanes) is 55. The highest BCUT2D eigenvalue weighted by Gasteiger charge is 2.20. The summed E-state index contributed by atoms with van der Waals surface area (Å²) in [6, 6.07) is -0.537. The summed E-state index contributed by atoms with van der Waals surface area (Å²) < 4.78 is 5.51. The molecule has 78 heavy (non-hydrogen) atoms. The molecule has 0 aromatic rings. The molecule has 0 bridgehead atoms. The molecule has 0 aliphatic carbocycles. The van der Waals surface area contributed by atoms with E-state index in [1.54, 1.807) is 0 Å². The first-order valence-electron chi connectivity index (χ1n) is 35.9. The van der Waals surface area contributed by atoms with Crippen LogP contribution < -0.4 is 5.32 Å². The lowest BCUT2D eigenvalue weighted by Gasteiger charge is -2.22. The van der Waals surface area contributed by atoms with Gasteiger partial charge in [-0.15, -0.1) is 0 Å². The maximum Gasteiger partial charge on any atom is 0.305 e. The molecule has 0 radical (unpaired) electrons. The van der Waals surface area contributed by atoms with Crippen LogP contribution in [-0.4, -0.2) is 47.4 Å². The number of nitrogens with one attached hydrogen (secondary N) is 1. The van der Waals surface area contributed by atoms with Crippen molar-refractivity contribution in [1.82, 2.24) is 5.32 Å². The minimum atomic E-state index is -0.660. The number of hydrogen-bond acceptors (Lipinski definition) is 5. The highest BCUT2D eigenvalue weighted by Crippen LogP contribution is 2.19. The van der Waals surface area contributed by atoms with Crippen molar-refractivity contribution in [2.45, 2.75) is 424 Å². The highest BCUT2D eigenvalue weighted by molar-refractivity contribution is 5.76. The smallest absolute Gasteiger partial charge is 0.305 e. The van der Waals surface area contributed by atoms with Gasteiger partial charge < -0.3 is 20.3 Å². The first-order chi connectivity index (χ1) is 38.5. The van der Waals surface area contributed by atoms with Gasteiger partial charge in [0, 0.05) is 12.8 Å². The van der Waals surface area contributed by atoms with Gasteiger partial charge in [-0.2, -0.15) is 0 Å². The quantitative estimate of drug-likeness (QED) is 0.0320. The zero-order chi connectivity index (χ0) is 56.4. The van der Waals surface area contributed by atoms with Crippen LogP contribution in [0.5, 0.6) is 0 Å². The number of carbonyl (C=O) groups is 2. The van der Waals surface area contributed by atoms with Gasteiger partial charge in [-0.05, 0) is 51.4 Å². The first kappa shape index (κ1) is 76.6. The normalized spacial score (nSPS) is 12.5. The number of amides is 1. The van der Waals surface area contributed by atoms with Crippen molar-refractivity contribution < 1.29 is 24.5 Å². The molecule has 0 saturated heterocycles. The third-order valence-electron chi connectivity index (χ3n) is 17.1. The zero-order valence-corrected chi connectivity index (χ0v) is 53.2. The van der Waals surface area contributed by atoms with Crippen LogP contribution in [0.25, 0.3) is 0 Å². The van der Waals surface area contributed by atoms with E-state index >= 15 is 0 Å². The van der Waals surface area contributed by atoms with Crippen LogP contribution in [-0.2, 0) is 14.3 Å². The Hall–Kier alpha value is -1.40. The Morgan fingerprint density at radius 3 is 0.910 bits per heavy atom. The van der Waals surface area contributed by atoms with E-state index in [0.29, 0.717) is 25.9 Å². The van der Waals surface area contributed by atoms with Crippen molar-refractivity contribution in [2.75, 3.05) is 13.2 Å². The highest BCUT2D eigenvalue weighted by atomic mass is 16.5. The van der Waals surface area contributed by atoms with Crippen LogP contribution in [0.4, 0.5) is 0 Å². The number of allylic oxidation sites excluding steroid dienone is 2. The average Bonchev–Trinajstić information content (AvgIpc) is 3.44. The van der Waals surface area contributed by atoms with E-state index in [4.69, 9.17) is 4.74 Å². The van der Waals surface area contributed by atoms with Crippen molar-refractivity contribution in [2.24, 2.45) is 0 Å². The Morgan fingerprint density at radius 2 is 0.603 bits per heavy atom. The van der Waals surface area contributed by atoms with Gasteiger partial charge in [-0.25, -0.2) is 0 Å². The summed E-state index contributed by atoms with van der Waals surface area (Å²) in [6.07, 6.45) is 84.2. The third-order valence-corrected chi connectivity index (χ3v) is 17.1. The molecule has 3 N–H and O–H groups in total. The molecular formula is C72H141NO5. The summed E-state index contributed by atoms with van der Waals surface area (Å²) in [5, 5.41) is 23.3. The van der Waals surface area contributed by atoms with Crippen LogP contribution in [0.15, 0.2) is 12.2 Å². The summed E-state index contributed by atoms with van der Waals surface area (Å²) in [5.41, 5.74) is 0. The number of aliphatic hydroxyl groups excluding tert-OH is 2. The van der Waals surface area contributed by atoms with Gasteiger partial charge in [0.1, 0.15) is 0 Å². The van der Waals surface area contributed by atoms with E-state index in [0.717, 1.165) is 38.5 Å². The topological polar surface area (TPSA) is 95.9 Å². The molecule has 0 saturated carbocycles. The molecule has 0 rings (SSSR count). The molecule has 0 fully saturated rings. The Balaban J connectivity index is 3.31. The fourth-order valence-corrected chi connectivity index (χ4v) is 11.6.